The molecule has 0 heterocycles. The van der Waals surface area contributed by atoms with Gasteiger partial charge < -0.3 is 5.73 Å². The summed E-state index contributed by atoms with van der Waals surface area (Å²) >= 11 is 5.15. The third kappa shape index (κ3) is 6.21. The molecule has 44 valence electrons. The molecule has 3 heteroatoms. The van der Waals surface area contributed by atoms with Crippen molar-refractivity contribution in [3.8, 4) is 0 Å². The van der Waals surface area contributed by atoms with E-state index in [-0.39, 0.29) is 0 Å². The average molecular weight is 123 g/mol. The van der Waals surface area contributed by atoms with Crippen molar-refractivity contribution >= 4 is 11.8 Å². The van der Waals surface area contributed by atoms with Crippen LogP contribution in [0, 0.1) is 0 Å². The highest BCUT2D eigenvalue weighted by atomic mass is 35.5. The van der Waals surface area contributed by atoms with Crippen molar-refractivity contribution in [2.45, 2.75) is 12.8 Å². The quantitative estimate of drug-likeness (QED) is 0.420. The molecule has 0 atom stereocenters. The van der Waals surface area contributed by atoms with Crippen molar-refractivity contribution in [2.24, 2.45) is 5.73 Å². The normalized spacial score (nSPS) is 9.43. The number of hydrogen-bond acceptors (Lipinski definition) is 2. The Kier molecular flexibility index (Phi) is 6.40. The van der Waals surface area contributed by atoms with Gasteiger partial charge in [0.25, 0.3) is 0 Å². The van der Waals surface area contributed by atoms with Crippen molar-refractivity contribution in [3.05, 3.63) is 0 Å². The smallest absolute Gasteiger partial charge is 0.0108 e. The molecule has 0 aliphatic heterocycles. The molecule has 0 unspecified atom stereocenters. The van der Waals surface area contributed by atoms with Gasteiger partial charge in [0.15, 0.2) is 0 Å². The molecule has 0 aromatic rings. The van der Waals surface area contributed by atoms with Gasteiger partial charge in [0.1, 0.15) is 0 Å². The van der Waals surface area contributed by atoms with E-state index in [0.29, 0.717) is 0 Å². The molecule has 0 amide bonds. The van der Waals surface area contributed by atoms with Gasteiger partial charge in [0.05, 0.1) is 0 Å². The molecule has 0 aliphatic carbocycles. The van der Waals surface area contributed by atoms with E-state index in [1.165, 1.54) is 0 Å². The summed E-state index contributed by atoms with van der Waals surface area (Å²) in [5, 5.41) is 0. The van der Waals surface area contributed by atoms with Gasteiger partial charge in [-0.1, -0.05) is 0 Å². The molecule has 2 nitrogen and oxygen atoms in total. The Morgan fingerprint density at radius 1 is 1.43 bits per heavy atom. The summed E-state index contributed by atoms with van der Waals surface area (Å²) in [6.45, 7) is 1.62. The highest BCUT2D eigenvalue weighted by Gasteiger charge is 1.80. The van der Waals surface area contributed by atoms with Crippen LogP contribution in [-0.2, 0) is 0 Å². The summed E-state index contributed by atoms with van der Waals surface area (Å²) in [5.41, 5.74) is 5.20. The molecule has 0 radical (unpaired) electrons. The van der Waals surface area contributed by atoms with Gasteiger partial charge in [-0.2, -0.15) is 0 Å². The van der Waals surface area contributed by atoms with Crippen molar-refractivity contribution in [3.63, 3.8) is 0 Å². The Hall–Kier alpha value is 0.210. The lowest BCUT2D eigenvalue weighted by atomic mass is 10.3. The SMILES string of the molecule is NCCCCNCl. The van der Waals surface area contributed by atoms with E-state index in [1.54, 1.807) is 0 Å². The number of rotatable bonds is 4. The molecule has 0 saturated carbocycles. The van der Waals surface area contributed by atoms with Gasteiger partial charge in [-0.25, -0.2) is 4.84 Å². The van der Waals surface area contributed by atoms with Crippen molar-refractivity contribution in [1.82, 2.24) is 4.84 Å². The number of unbranched alkanes of at least 4 members (excludes halogenated alkanes) is 1. The monoisotopic (exact) mass is 122 g/mol. The second-order valence-corrected chi connectivity index (χ2v) is 1.65. The minimum absolute atomic E-state index is 0.762. The average Bonchev–Trinajstić information content (AvgIpc) is 1.69. The Bertz CT molecular complexity index is 28.9. The van der Waals surface area contributed by atoms with Crippen molar-refractivity contribution in [1.29, 1.82) is 0 Å². The predicted molar refractivity (Wildman–Crippen MR) is 32.1 cm³/mol. The van der Waals surface area contributed by atoms with Crippen LogP contribution in [0.15, 0.2) is 0 Å². The van der Waals surface area contributed by atoms with Gasteiger partial charge in [-0.15, -0.1) is 0 Å². The lowest BCUT2D eigenvalue weighted by Gasteiger charge is -1.91. The fraction of sp³-hybridized carbons (Fsp3) is 1.00. The molecule has 7 heavy (non-hydrogen) atoms. The first-order valence-electron chi connectivity index (χ1n) is 2.45. The largest absolute Gasteiger partial charge is 0.330 e. The lowest BCUT2D eigenvalue weighted by molar-refractivity contribution is 0.730. The van der Waals surface area contributed by atoms with Crippen molar-refractivity contribution < 1.29 is 0 Å². The third-order valence-corrected chi connectivity index (χ3v) is 0.914. The molecule has 0 bridgehead atoms. The second kappa shape index (κ2) is 6.21. The first kappa shape index (κ1) is 7.21. The van der Waals surface area contributed by atoms with Crippen LogP contribution in [0.25, 0.3) is 0 Å². The number of halogens is 1. The Labute approximate surface area is 49.1 Å². The van der Waals surface area contributed by atoms with Gasteiger partial charge in [-0.05, 0) is 31.2 Å². The minimum atomic E-state index is 0.762. The zero-order valence-corrected chi connectivity index (χ0v) is 5.04. The van der Waals surface area contributed by atoms with E-state index in [0.717, 1.165) is 25.9 Å². The van der Waals surface area contributed by atoms with Gasteiger partial charge in [0.2, 0.25) is 0 Å². The first-order chi connectivity index (χ1) is 3.41. The summed E-state index contributed by atoms with van der Waals surface area (Å²) in [4.78, 5) is 2.52. The third-order valence-electron chi connectivity index (χ3n) is 0.725. The van der Waals surface area contributed by atoms with Crippen molar-refractivity contribution in [2.75, 3.05) is 13.1 Å². The van der Waals surface area contributed by atoms with E-state index >= 15 is 0 Å². The van der Waals surface area contributed by atoms with Gasteiger partial charge in [-0.3, -0.25) is 0 Å². The standard InChI is InChI=1S/C4H11ClN2/c5-7-4-2-1-3-6/h7H,1-4,6H2. The van der Waals surface area contributed by atoms with E-state index in [1.807, 2.05) is 0 Å². The highest BCUT2D eigenvalue weighted by molar-refractivity contribution is 6.13. The van der Waals surface area contributed by atoms with Crippen LogP contribution in [0.4, 0.5) is 0 Å². The van der Waals surface area contributed by atoms with E-state index in [4.69, 9.17) is 17.5 Å². The second-order valence-electron chi connectivity index (χ2n) is 1.38. The molecule has 0 fully saturated rings. The van der Waals surface area contributed by atoms with Crippen LogP contribution in [0.5, 0.6) is 0 Å². The predicted octanol–water partition coefficient (Wildman–Crippen LogP) is 0.469. The van der Waals surface area contributed by atoms with Crippen LogP contribution >= 0.6 is 11.8 Å². The van der Waals surface area contributed by atoms with Gasteiger partial charge >= 0.3 is 0 Å². The molecule has 3 N–H and O–H groups in total. The molecule has 0 aromatic carbocycles. The summed E-state index contributed by atoms with van der Waals surface area (Å²) in [6.07, 6.45) is 2.12. The first-order valence-corrected chi connectivity index (χ1v) is 2.83. The number of nitrogens with two attached hydrogens (primary N) is 1. The molecular weight excluding hydrogens is 112 g/mol. The molecule has 0 aromatic heterocycles. The maximum atomic E-state index is 5.20. The molecular formula is C4H11ClN2. The van der Waals surface area contributed by atoms with Crippen LogP contribution in [0.3, 0.4) is 0 Å². The Balaban J connectivity index is 2.45. The molecule has 0 saturated heterocycles. The maximum Gasteiger partial charge on any atom is 0.0108 e. The van der Waals surface area contributed by atoms with Crippen LogP contribution in [0.2, 0.25) is 0 Å². The summed E-state index contributed by atoms with van der Waals surface area (Å²) < 4.78 is 0. The topological polar surface area (TPSA) is 38.0 Å². The zero-order valence-electron chi connectivity index (χ0n) is 4.28. The highest BCUT2D eigenvalue weighted by Crippen LogP contribution is 1.81. The zero-order chi connectivity index (χ0) is 5.54. The Morgan fingerprint density at radius 3 is 2.57 bits per heavy atom. The minimum Gasteiger partial charge on any atom is -0.330 e. The molecule has 0 aliphatic rings. The van der Waals surface area contributed by atoms with Crippen LogP contribution in [-0.4, -0.2) is 13.1 Å². The van der Waals surface area contributed by atoms with Crippen LogP contribution < -0.4 is 10.6 Å². The van der Waals surface area contributed by atoms with E-state index in [9.17, 15) is 0 Å². The van der Waals surface area contributed by atoms with Crippen LogP contribution in [0.1, 0.15) is 12.8 Å². The molecule has 0 spiro atoms. The summed E-state index contributed by atoms with van der Waals surface area (Å²) in [6, 6.07) is 0. The number of hydrogen-bond donors (Lipinski definition) is 2. The summed E-state index contributed by atoms with van der Waals surface area (Å²) in [7, 11) is 0. The fourth-order valence-electron chi connectivity index (χ4n) is 0.336. The van der Waals surface area contributed by atoms with E-state index < -0.39 is 0 Å². The Morgan fingerprint density at radius 2 is 2.14 bits per heavy atom. The lowest BCUT2D eigenvalue weighted by Crippen LogP contribution is -2.05. The summed E-state index contributed by atoms with van der Waals surface area (Å²) in [5.74, 6) is 0. The fourth-order valence-corrected chi connectivity index (χ4v) is 0.470. The number of nitrogens with one attached hydrogen (secondary N) is 1. The maximum absolute atomic E-state index is 5.20. The van der Waals surface area contributed by atoms with Gasteiger partial charge in [0, 0.05) is 6.54 Å². The van der Waals surface area contributed by atoms with E-state index in [2.05, 4.69) is 4.84 Å². The molecule has 0 rings (SSSR count).